The highest BCUT2D eigenvalue weighted by molar-refractivity contribution is 5.58. The Hall–Kier alpha value is -0.980. The van der Waals surface area contributed by atoms with Gasteiger partial charge in [-0.15, -0.1) is 0 Å². The van der Waals surface area contributed by atoms with Crippen LogP contribution in [0.1, 0.15) is 63.1 Å². The highest BCUT2D eigenvalue weighted by Crippen LogP contribution is 2.38. The molecule has 1 nitrogen and oxygen atoms in total. The van der Waals surface area contributed by atoms with Crippen molar-refractivity contribution in [1.29, 1.82) is 0 Å². The maximum atomic E-state index is 3.82. The second-order valence-electron chi connectivity index (χ2n) is 7.83. The number of nitrogens with one attached hydrogen (secondary N) is 1. The van der Waals surface area contributed by atoms with Crippen LogP contribution in [0.2, 0.25) is 0 Å². The van der Waals surface area contributed by atoms with Gasteiger partial charge in [0.25, 0.3) is 0 Å². The zero-order chi connectivity index (χ0) is 14.9. The minimum Gasteiger partial charge on any atom is -0.382 e. The molecule has 1 aliphatic rings. The van der Waals surface area contributed by atoms with E-state index in [0.29, 0.717) is 11.5 Å². The molecule has 1 heteroatoms. The molecule has 0 aliphatic heterocycles. The van der Waals surface area contributed by atoms with Crippen LogP contribution in [0.3, 0.4) is 0 Å². The molecule has 0 amide bonds. The number of anilines is 1. The van der Waals surface area contributed by atoms with Crippen LogP contribution >= 0.6 is 0 Å². The van der Waals surface area contributed by atoms with Gasteiger partial charge >= 0.3 is 0 Å². The lowest BCUT2D eigenvalue weighted by Gasteiger charge is -2.37. The second-order valence-corrected chi connectivity index (χ2v) is 7.83. The Kier molecular flexibility index (Phi) is 4.46. The standard InChI is InChI=1S/C19H31N/c1-13-11-14(2)18(15(3)12-13)20-17-9-7-16(8-10-17)19(4,5)6/h11-12,16-17,20H,7-10H2,1-6H3. The maximum Gasteiger partial charge on any atom is 0.0401 e. The Balaban J connectivity index is 2.00. The lowest BCUT2D eigenvalue weighted by Crippen LogP contribution is -2.31. The molecule has 0 bridgehead atoms. The third-order valence-corrected chi connectivity index (χ3v) is 4.98. The summed E-state index contributed by atoms with van der Waals surface area (Å²) in [6.07, 6.45) is 5.36. The van der Waals surface area contributed by atoms with Crippen LogP contribution in [-0.4, -0.2) is 6.04 Å². The van der Waals surface area contributed by atoms with Gasteiger partial charge in [-0.2, -0.15) is 0 Å². The number of benzene rings is 1. The lowest BCUT2D eigenvalue weighted by molar-refractivity contribution is 0.173. The van der Waals surface area contributed by atoms with Gasteiger partial charge in [-0.3, -0.25) is 0 Å². The Morgan fingerprint density at radius 3 is 1.85 bits per heavy atom. The molecule has 0 radical (unpaired) electrons. The molecule has 0 saturated heterocycles. The summed E-state index contributed by atoms with van der Waals surface area (Å²) >= 11 is 0. The molecule has 1 aliphatic carbocycles. The van der Waals surface area contributed by atoms with Crippen LogP contribution in [0, 0.1) is 32.1 Å². The van der Waals surface area contributed by atoms with Gasteiger partial charge in [0.1, 0.15) is 0 Å². The number of rotatable bonds is 2. The van der Waals surface area contributed by atoms with Crippen molar-refractivity contribution in [3.8, 4) is 0 Å². The summed E-state index contributed by atoms with van der Waals surface area (Å²) in [7, 11) is 0. The first-order valence-electron chi connectivity index (χ1n) is 8.12. The fraction of sp³-hybridized carbons (Fsp3) is 0.684. The number of hydrogen-bond donors (Lipinski definition) is 1. The van der Waals surface area contributed by atoms with Gasteiger partial charge in [0, 0.05) is 11.7 Å². The lowest BCUT2D eigenvalue weighted by atomic mass is 9.71. The minimum absolute atomic E-state index is 0.473. The fourth-order valence-corrected chi connectivity index (χ4v) is 3.72. The van der Waals surface area contributed by atoms with E-state index in [1.165, 1.54) is 48.1 Å². The normalized spacial score (nSPS) is 23.7. The second kappa shape index (κ2) is 5.79. The van der Waals surface area contributed by atoms with Crippen molar-refractivity contribution in [2.45, 2.75) is 73.3 Å². The molecule has 0 heterocycles. The molecule has 1 saturated carbocycles. The Labute approximate surface area is 125 Å². The van der Waals surface area contributed by atoms with E-state index in [-0.39, 0.29) is 0 Å². The van der Waals surface area contributed by atoms with Crippen LogP contribution < -0.4 is 5.32 Å². The Morgan fingerprint density at radius 2 is 1.40 bits per heavy atom. The first-order valence-corrected chi connectivity index (χ1v) is 8.12. The van der Waals surface area contributed by atoms with Crippen LogP contribution in [0.15, 0.2) is 12.1 Å². The summed E-state index contributed by atoms with van der Waals surface area (Å²) in [5.74, 6) is 0.890. The van der Waals surface area contributed by atoms with Crippen LogP contribution in [0.5, 0.6) is 0 Å². The molecule has 2 rings (SSSR count). The highest BCUT2D eigenvalue weighted by atomic mass is 14.9. The van der Waals surface area contributed by atoms with E-state index in [4.69, 9.17) is 0 Å². The van der Waals surface area contributed by atoms with Crippen molar-refractivity contribution in [3.63, 3.8) is 0 Å². The SMILES string of the molecule is Cc1cc(C)c(NC2CCC(C(C)(C)C)CC2)c(C)c1. The molecule has 1 N–H and O–H groups in total. The third kappa shape index (κ3) is 3.56. The topological polar surface area (TPSA) is 12.0 Å². The predicted molar refractivity (Wildman–Crippen MR) is 89.5 cm³/mol. The summed E-state index contributed by atoms with van der Waals surface area (Å²) in [6.45, 7) is 13.8. The van der Waals surface area contributed by atoms with Crippen molar-refractivity contribution in [2.24, 2.45) is 11.3 Å². The molecular weight excluding hydrogens is 242 g/mol. The smallest absolute Gasteiger partial charge is 0.0401 e. The quantitative estimate of drug-likeness (QED) is 0.736. The van der Waals surface area contributed by atoms with Crippen molar-refractivity contribution in [2.75, 3.05) is 5.32 Å². The highest BCUT2D eigenvalue weighted by Gasteiger charge is 2.29. The summed E-state index contributed by atoms with van der Waals surface area (Å²) < 4.78 is 0. The number of hydrogen-bond acceptors (Lipinski definition) is 1. The van der Waals surface area contributed by atoms with Gasteiger partial charge in [0.2, 0.25) is 0 Å². The maximum absolute atomic E-state index is 3.82. The van der Waals surface area contributed by atoms with E-state index in [0.717, 1.165) is 5.92 Å². The molecule has 1 aromatic rings. The average molecular weight is 273 g/mol. The molecule has 20 heavy (non-hydrogen) atoms. The van der Waals surface area contributed by atoms with E-state index in [1.54, 1.807) is 0 Å². The average Bonchev–Trinajstić information content (AvgIpc) is 2.33. The predicted octanol–water partition coefficient (Wildman–Crippen LogP) is 5.63. The molecule has 1 fully saturated rings. The van der Waals surface area contributed by atoms with E-state index < -0.39 is 0 Å². The number of aryl methyl sites for hydroxylation is 3. The molecule has 1 aromatic carbocycles. The van der Waals surface area contributed by atoms with Gasteiger partial charge in [-0.05, 0) is 68.9 Å². The molecule has 0 spiro atoms. The summed E-state index contributed by atoms with van der Waals surface area (Å²) in [5.41, 5.74) is 5.98. The largest absolute Gasteiger partial charge is 0.382 e. The monoisotopic (exact) mass is 273 g/mol. The van der Waals surface area contributed by atoms with E-state index in [1.807, 2.05) is 0 Å². The van der Waals surface area contributed by atoms with Crippen LogP contribution in [-0.2, 0) is 0 Å². The molecular formula is C19H31N. The van der Waals surface area contributed by atoms with Gasteiger partial charge in [-0.1, -0.05) is 38.5 Å². The van der Waals surface area contributed by atoms with E-state index in [9.17, 15) is 0 Å². The minimum atomic E-state index is 0.473. The molecule has 0 atom stereocenters. The zero-order valence-electron chi connectivity index (χ0n) is 14.1. The molecule has 0 aromatic heterocycles. The zero-order valence-corrected chi connectivity index (χ0v) is 14.1. The van der Waals surface area contributed by atoms with Crippen LogP contribution in [0.25, 0.3) is 0 Å². The van der Waals surface area contributed by atoms with E-state index >= 15 is 0 Å². The summed E-state index contributed by atoms with van der Waals surface area (Å²) in [5, 5.41) is 3.82. The summed E-state index contributed by atoms with van der Waals surface area (Å²) in [4.78, 5) is 0. The van der Waals surface area contributed by atoms with Crippen molar-refractivity contribution in [1.82, 2.24) is 0 Å². The first-order chi connectivity index (χ1) is 9.27. The summed E-state index contributed by atoms with van der Waals surface area (Å²) in [6, 6.07) is 5.24. The third-order valence-electron chi connectivity index (χ3n) is 4.98. The van der Waals surface area contributed by atoms with Crippen molar-refractivity contribution in [3.05, 3.63) is 28.8 Å². The Bertz CT molecular complexity index is 436. The van der Waals surface area contributed by atoms with Gasteiger partial charge in [0.05, 0.1) is 0 Å². The fourth-order valence-electron chi connectivity index (χ4n) is 3.72. The first kappa shape index (κ1) is 15.4. The van der Waals surface area contributed by atoms with E-state index in [2.05, 4.69) is 59.0 Å². The van der Waals surface area contributed by atoms with Gasteiger partial charge in [0.15, 0.2) is 0 Å². The van der Waals surface area contributed by atoms with Crippen LogP contribution in [0.4, 0.5) is 5.69 Å². The van der Waals surface area contributed by atoms with Crippen molar-refractivity contribution < 1.29 is 0 Å². The van der Waals surface area contributed by atoms with Gasteiger partial charge < -0.3 is 5.32 Å². The Morgan fingerprint density at radius 1 is 0.900 bits per heavy atom. The van der Waals surface area contributed by atoms with Crippen molar-refractivity contribution >= 4 is 5.69 Å². The molecule has 0 unspecified atom stereocenters. The molecule has 112 valence electrons. The van der Waals surface area contributed by atoms with Gasteiger partial charge in [-0.25, -0.2) is 0 Å².